The van der Waals surface area contributed by atoms with Gasteiger partial charge in [-0.05, 0) is 48.0 Å². The summed E-state index contributed by atoms with van der Waals surface area (Å²) in [7, 11) is 0. The Labute approximate surface area is 198 Å². The van der Waals surface area contributed by atoms with Crippen LogP contribution in [-0.2, 0) is 6.54 Å². The summed E-state index contributed by atoms with van der Waals surface area (Å²) >= 11 is 18.7. The van der Waals surface area contributed by atoms with E-state index in [2.05, 4.69) is 4.98 Å². The summed E-state index contributed by atoms with van der Waals surface area (Å²) in [6, 6.07) is 22.0. The highest BCUT2D eigenvalue weighted by Gasteiger charge is 2.20. The smallest absolute Gasteiger partial charge is 0.286 e. The van der Waals surface area contributed by atoms with Crippen LogP contribution in [0.1, 0.15) is 5.56 Å². The zero-order chi connectivity index (χ0) is 22.2. The molecule has 0 aliphatic rings. The molecule has 32 heavy (non-hydrogen) atoms. The molecular formula is C24H15Cl3N4O. The molecule has 3 aromatic carbocycles. The van der Waals surface area contributed by atoms with Crippen molar-refractivity contribution in [1.29, 1.82) is 0 Å². The highest BCUT2D eigenvalue weighted by molar-refractivity contribution is 6.36. The molecule has 8 heteroatoms. The first-order chi connectivity index (χ1) is 15.5. The number of fused-ring (bicyclic) bond motifs is 1. The normalized spacial score (nSPS) is 11.2. The molecule has 0 aliphatic carbocycles. The molecule has 0 saturated carbocycles. The van der Waals surface area contributed by atoms with Gasteiger partial charge in [0.2, 0.25) is 0 Å². The van der Waals surface area contributed by atoms with E-state index >= 15 is 0 Å². The second-order valence-electron chi connectivity index (χ2n) is 7.21. The second kappa shape index (κ2) is 8.43. The van der Waals surface area contributed by atoms with Crippen LogP contribution in [0.25, 0.3) is 28.2 Å². The molecular weight excluding hydrogens is 467 g/mol. The van der Waals surface area contributed by atoms with Crippen LogP contribution >= 0.6 is 34.8 Å². The number of rotatable bonds is 4. The van der Waals surface area contributed by atoms with Crippen LogP contribution in [0.2, 0.25) is 15.1 Å². The minimum atomic E-state index is -0.301. The molecule has 0 fully saturated rings. The van der Waals surface area contributed by atoms with Crippen LogP contribution in [0.5, 0.6) is 0 Å². The van der Waals surface area contributed by atoms with E-state index in [0.717, 1.165) is 5.56 Å². The van der Waals surface area contributed by atoms with Crippen LogP contribution in [0.3, 0.4) is 0 Å². The Hall–Kier alpha value is -3.12. The maximum absolute atomic E-state index is 13.6. The molecule has 0 aliphatic heterocycles. The zero-order valence-electron chi connectivity index (χ0n) is 16.5. The molecule has 0 bridgehead atoms. The molecule has 5 rings (SSSR count). The van der Waals surface area contributed by atoms with Crippen molar-refractivity contribution in [2.45, 2.75) is 6.54 Å². The molecule has 0 N–H and O–H groups in total. The summed E-state index contributed by atoms with van der Waals surface area (Å²) in [4.78, 5) is 22.8. The maximum Gasteiger partial charge on any atom is 0.286 e. The van der Waals surface area contributed by atoms with Crippen LogP contribution < -0.4 is 5.56 Å². The standard InChI is InChI=1S/C24H15Cl3N4O/c25-16-6-9-18(10-7-16)31-22(19-11-8-17(26)12-20(19)27)29-23-21(24(31)32)28-14-30(23)13-15-4-2-1-3-5-15/h1-12,14H,13H2. The first-order valence-corrected chi connectivity index (χ1v) is 10.9. The van der Waals surface area contributed by atoms with Crippen molar-refractivity contribution in [3.63, 3.8) is 0 Å². The van der Waals surface area contributed by atoms with Gasteiger partial charge in [-0.3, -0.25) is 9.36 Å². The van der Waals surface area contributed by atoms with Crippen molar-refractivity contribution in [1.82, 2.24) is 19.1 Å². The largest absolute Gasteiger partial charge is 0.311 e. The number of hydrogen-bond donors (Lipinski definition) is 0. The quantitative estimate of drug-likeness (QED) is 0.304. The van der Waals surface area contributed by atoms with E-state index in [4.69, 9.17) is 39.8 Å². The van der Waals surface area contributed by atoms with E-state index in [1.54, 1.807) is 48.8 Å². The van der Waals surface area contributed by atoms with Gasteiger partial charge in [-0.25, -0.2) is 9.97 Å². The lowest BCUT2D eigenvalue weighted by Crippen LogP contribution is -2.22. The Kier molecular flexibility index (Phi) is 5.47. The van der Waals surface area contributed by atoms with Gasteiger partial charge < -0.3 is 4.57 Å². The average molecular weight is 482 g/mol. The van der Waals surface area contributed by atoms with E-state index in [9.17, 15) is 4.79 Å². The highest BCUT2D eigenvalue weighted by atomic mass is 35.5. The van der Waals surface area contributed by atoms with Gasteiger partial charge in [0.05, 0.1) is 23.6 Å². The molecule has 5 aromatic rings. The van der Waals surface area contributed by atoms with E-state index in [-0.39, 0.29) is 11.1 Å². The number of halogens is 3. The van der Waals surface area contributed by atoms with Crippen molar-refractivity contribution in [3.8, 4) is 17.1 Å². The molecule has 158 valence electrons. The lowest BCUT2D eigenvalue weighted by atomic mass is 10.2. The fourth-order valence-electron chi connectivity index (χ4n) is 3.57. The first kappa shape index (κ1) is 20.8. The predicted octanol–water partition coefficient (Wildman–Crippen LogP) is 6.26. The van der Waals surface area contributed by atoms with E-state index in [0.29, 0.717) is 44.3 Å². The lowest BCUT2D eigenvalue weighted by Gasteiger charge is -2.14. The minimum absolute atomic E-state index is 0.268. The first-order valence-electron chi connectivity index (χ1n) is 9.74. The second-order valence-corrected chi connectivity index (χ2v) is 8.49. The van der Waals surface area contributed by atoms with E-state index in [1.165, 1.54) is 4.57 Å². The van der Waals surface area contributed by atoms with Crippen LogP contribution in [0.15, 0.2) is 83.9 Å². The third-order valence-corrected chi connectivity index (χ3v) is 5.89. The SMILES string of the molecule is O=c1c2ncn(Cc3ccccc3)c2nc(-c2ccc(Cl)cc2Cl)n1-c1ccc(Cl)cc1. The molecule has 0 saturated heterocycles. The molecule has 0 radical (unpaired) electrons. The Morgan fingerprint density at radius 1 is 0.844 bits per heavy atom. The van der Waals surface area contributed by atoms with Crippen molar-refractivity contribution < 1.29 is 0 Å². The average Bonchev–Trinajstić information content (AvgIpc) is 3.18. The van der Waals surface area contributed by atoms with Gasteiger partial charge in [0.1, 0.15) is 0 Å². The Morgan fingerprint density at radius 3 is 2.28 bits per heavy atom. The molecule has 0 amide bonds. The summed E-state index contributed by atoms with van der Waals surface area (Å²) in [5.41, 5.74) is 2.70. The van der Waals surface area contributed by atoms with Crippen LogP contribution in [0.4, 0.5) is 0 Å². The summed E-state index contributed by atoms with van der Waals surface area (Å²) < 4.78 is 3.35. The minimum Gasteiger partial charge on any atom is -0.311 e. The third kappa shape index (κ3) is 3.79. The van der Waals surface area contributed by atoms with E-state index < -0.39 is 0 Å². The summed E-state index contributed by atoms with van der Waals surface area (Å²) in [6.45, 7) is 0.530. The van der Waals surface area contributed by atoms with Gasteiger partial charge in [-0.1, -0.05) is 65.1 Å². The van der Waals surface area contributed by atoms with Crippen LogP contribution in [0, 0.1) is 0 Å². The fourth-order valence-corrected chi connectivity index (χ4v) is 4.19. The summed E-state index contributed by atoms with van der Waals surface area (Å²) in [6.07, 6.45) is 1.63. The zero-order valence-corrected chi connectivity index (χ0v) is 18.8. The van der Waals surface area contributed by atoms with Gasteiger partial charge in [-0.15, -0.1) is 0 Å². The van der Waals surface area contributed by atoms with Crippen molar-refractivity contribution in [3.05, 3.63) is 110 Å². The maximum atomic E-state index is 13.6. The number of benzene rings is 3. The third-order valence-electron chi connectivity index (χ3n) is 5.09. The molecule has 0 unspecified atom stereocenters. The molecule has 5 nitrogen and oxygen atoms in total. The van der Waals surface area contributed by atoms with Crippen molar-refractivity contribution in [2.24, 2.45) is 0 Å². The van der Waals surface area contributed by atoms with Gasteiger partial charge in [-0.2, -0.15) is 0 Å². The van der Waals surface area contributed by atoms with Crippen LogP contribution in [-0.4, -0.2) is 19.1 Å². The predicted molar refractivity (Wildman–Crippen MR) is 129 cm³/mol. The number of hydrogen-bond acceptors (Lipinski definition) is 3. The van der Waals surface area contributed by atoms with Crippen molar-refractivity contribution in [2.75, 3.05) is 0 Å². The Morgan fingerprint density at radius 2 is 1.56 bits per heavy atom. The van der Waals surface area contributed by atoms with Gasteiger partial charge in [0.15, 0.2) is 17.0 Å². The topological polar surface area (TPSA) is 52.7 Å². The van der Waals surface area contributed by atoms with Gasteiger partial charge >= 0.3 is 0 Å². The summed E-state index contributed by atoms with van der Waals surface area (Å²) in [5, 5.41) is 1.45. The lowest BCUT2D eigenvalue weighted by molar-refractivity contribution is 0.811. The molecule has 2 heterocycles. The molecule has 0 spiro atoms. The molecule has 0 atom stereocenters. The Balaban J connectivity index is 1.79. The number of aromatic nitrogens is 4. The highest BCUT2D eigenvalue weighted by Crippen LogP contribution is 2.31. The summed E-state index contributed by atoms with van der Waals surface area (Å²) in [5.74, 6) is 0.390. The fraction of sp³-hybridized carbons (Fsp3) is 0.0417. The van der Waals surface area contributed by atoms with Crippen molar-refractivity contribution >= 4 is 46.0 Å². The van der Waals surface area contributed by atoms with E-state index in [1.807, 2.05) is 34.9 Å². The monoisotopic (exact) mass is 480 g/mol. The van der Waals surface area contributed by atoms with Gasteiger partial charge in [0, 0.05) is 15.6 Å². The molecule has 2 aromatic heterocycles. The number of imidazole rings is 1. The Bertz CT molecular complexity index is 1490. The van der Waals surface area contributed by atoms with Gasteiger partial charge in [0.25, 0.3) is 5.56 Å². The number of nitrogens with zero attached hydrogens (tertiary/aromatic N) is 4.